The maximum Gasteiger partial charge on any atom is 0.211 e. The molecule has 0 aromatic rings. The smallest absolute Gasteiger partial charge is 0.211 e. The van der Waals surface area contributed by atoms with Crippen molar-refractivity contribution in [2.75, 3.05) is 32.9 Å². The normalized spacial score (nSPS) is 12.4. The van der Waals surface area contributed by atoms with Gasteiger partial charge in [0.15, 0.2) is 0 Å². The zero-order valence-corrected chi connectivity index (χ0v) is 8.11. The van der Waals surface area contributed by atoms with E-state index in [1.807, 2.05) is 6.92 Å². The summed E-state index contributed by atoms with van der Waals surface area (Å²) < 4.78 is 23.4. The second kappa shape index (κ2) is 4.69. The lowest BCUT2D eigenvalue weighted by atomic mass is 10.6. The van der Waals surface area contributed by atoms with E-state index in [4.69, 9.17) is 0 Å². The fourth-order valence-corrected chi connectivity index (χ4v) is 1.69. The topological polar surface area (TPSA) is 49.4 Å². The van der Waals surface area contributed by atoms with Gasteiger partial charge in [-0.2, -0.15) is 0 Å². The third kappa shape index (κ3) is 4.34. The van der Waals surface area contributed by atoms with E-state index in [0.717, 1.165) is 0 Å². The van der Waals surface area contributed by atoms with E-state index < -0.39 is 10.0 Å². The first-order valence-corrected chi connectivity index (χ1v) is 5.47. The van der Waals surface area contributed by atoms with E-state index >= 15 is 0 Å². The Hall–Kier alpha value is -0.130. The number of nitrogens with one attached hydrogen (secondary N) is 1. The van der Waals surface area contributed by atoms with Gasteiger partial charge in [0.05, 0.1) is 6.26 Å². The van der Waals surface area contributed by atoms with Gasteiger partial charge in [0.25, 0.3) is 0 Å². The van der Waals surface area contributed by atoms with Gasteiger partial charge in [-0.05, 0) is 7.05 Å². The number of hydrogen-bond donors (Lipinski definition) is 1. The van der Waals surface area contributed by atoms with Crippen LogP contribution in [-0.4, -0.2) is 45.7 Å². The maximum absolute atomic E-state index is 11.0. The molecule has 0 saturated heterocycles. The second-order valence-electron chi connectivity index (χ2n) is 2.36. The molecule has 0 rings (SSSR count). The van der Waals surface area contributed by atoms with Gasteiger partial charge < -0.3 is 5.32 Å². The molecule has 0 atom stereocenters. The van der Waals surface area contributed by atoms with Crippen molar-refractivity contribution in [1.29, 1.82) is 0 Å². The number of likely N-dealkylation sites (N-methyl/N-ethyl adjacent to an activating group) is 2. The first-order chi connectivity index (χ1) is 5.02. The molecule has 0 aliphatic rings. The standard InChI is InChI=1S/C6H16N2O2S/c1-4-8(6-5-7-2)11(3,9)10/h7H,4-6H2,1-3H3. The van der Waals surface area contributed by atoms with E-state index in [9.17, 15) is 8.42 Å². The van der Waals surface area contributed by atoms with Crippen molar-refractivity contribution in [1.82, 2.24) is 9.62 Å². The van der Waals surface area contributed by atoms with Crippen molar-refractivity contribution in [3.63, 3.8) is 0 Å². The lowest BCUT2D eigenvalue weighted by Gasteiger charge is -2.16. The summed E-state index contributed by atoms with van der Waals surface area (Å²) in [5, 5.41) is 2.90. The first-order valence-electron chi connectivity index (χ1n) is 3.62. The summed E-state index contributed by atoms with van der Waals surface area (Å²) in [6, 6.07) is 0. The molecule has 1 N–H and O–H groups in total. The number of hydrogen-bond acceptors (Lipinski definition) is 3. The Labute approximate surface area is 68.6 Å². The first kappa shape index (κ1) is 10.9. The Kier molecular flexibility index (Phi) is 4.63. The van der Waals surface area contributed by atoms with Crippen LogP contribution in [0, 0.1) is 0 Å². The molecule has 4 nitrogen and oxygen atoms in total. The number of rotatable bonds is 5. The van der Waals surface area contributed by atoms with Crippen molar-refractivity contribution in [3.05, 3.63) is 0 Å². The van der Waals surface area contributed by atoms with Crippen molar-refractivity contribution >= 4 is 10.0 Å². The minimum atomic E-state index is -2.99. The van der Waals surface area contributed by atoms with Gasteiger partial charge in [0, 0.05) is 19.6 Å². The summed E-state index contributed by atoms with van der Waals surface area (Å²) in [5.74, 6) is 0. The summed E-state index contributed by atoms with van der Waals surface area (Å²) in [4.78, 5) is 0. The molecule has 0 aliphatic heterocycles. The van der Waals surface area contributed by atoms with Gasteiger partial charge in [0.1, 0.15) is 0 Å². The summed E-state index contributed by atoms with van der Waals surface area (Å²) in [7, 11) is -1.19. The quantitative estimate of drug-likeness (QED) is 0.620. The van der Waals surface area contributed by atoms with Crippen LogP contribution in [0.4, 0.5) is 0 Å². The van der Waals surface area contributed by atoms with Gasteiger partial charge in [-0.25, -0.2) is 12.7 Å². The lowest BCUT2D eigenvalue weighted by molar-refractivity contribution is 0.430. The molecule has 0 bridgehead atoms. The summed E-state index contributed by atoms with van der Waals surface area (Å²) in [5.41, 5.74) is 0. The minimum absolute atomic E-state index is 0.542. The molecule has 0 radical (unpaired) electrons. The van der Waals surface area contributed by atoms with E-state index in [1.165, 1.54) is 10.6 Å². The summed E-state index contributed by atoms with van der Waals surface area (Å²) in [6.45, 7) is 3.62. The molecular formula is C6H16N2O2S. The molecule has 5 heteroatoms. The Morgan fingerprint density at radius 1 is 1.45 bits per heavy atom. The van der Waals surface area contributed by atoms with Crippen LogP contribution in [0.1, 0.15) is 6.92 Å². The van der Waals surface area contributed by atoms with Crippen LogP contribution in [0.2, 0.25) is 0 Å². The van der Waals surface area contributed by atoms with Crippen LogP contribution in [0.15, 0.2) is 0 Å². The molecule has 68 valence electrons. The van der Waals surface area contributed by atoms with Crippen LogP contribution in [0.3, 0.4) is 0 Å². The van der Waals surface area contributed by atoms with Gasteiger partial charge in [-0.3, -0.25) is 0 Å². The maximum atomic E-state index is 11.0. The predicted molar refractivity (Wildman–Crippen MR) is 46.0 cm³/mol. The number of nitrogens with zero attached hydrogens (tertiary/aromatic N) is 1. The van der Waals surface area contributed by atoms with Gasteiger partial charge >= 0.3 is 0 Å². The Morgan fingerprint density at radius 3 is 2.27 bits per heavy atom. The minimum Gasteiger partial charge on any atom is -0.318 e. The molecule has 0 saturated carbocycles. The monoisotopic (exact) mass is 180 g/mol. The largest absolute Gasteiger partial charge is 0.318 e. The Balaban J connectivity index is 3.97. The fourth-order valence-electron chi connectivity index (χ4n) is 0.795. The molecule has 11 heavy (non-hydrogen) atoms. The second-order valence-corrected chi connectivity index (χ2v) is 4.34. The Morgan fingerprint density at radius 2 is 2.00 bits per heavy atom. The lowest BCUT2D eigenvalue weighted by Crippen LogP contribution is -2.35. The summed E-state index contributed by atoms with van der Waals surface area (Å²) in [6.07, 6.45) is 1.23. The zero-order chi connectivity index (χ0) is 8.91. The summed E-state index contributed by atoms with van der Waals surface area (Å²) >= 11 is 0. The molecule has 0 heterocycles. The third-order valence-corrected chi connectivity index (χ3v) is 2.81. The molecule has 0 aliphatic carbocycles. The average Bonchev–Trinajstić information content (AvgIpc) is 1.87. The van der Waals surface area contributed by atoms with Crippen LogP contribution in [0.5, 0.6) is 0 Å². The molecule has 0 amide bonds. The molecule has 0 spiro atoms. The molecule has 0 fully saturated rings. The third-order valence-electron chi connectivity index (χ3n) is 1.43. The zero-order valence-electron chi connectivity index (χ0n) is 7.29. The van der Waals surface area contributed by atoms with Gasteiger partial charge in [-0.15, -0.1) is 0 Å². The number of sulfonamides is 1. The molecule has 0 unspecified atom stereocenters. The van der Waals surface area contributed by atoms with Crippen molar-refractivity contribution in [2.45, 2.75) is 6.92 Å². The average molecular weight is 180 g/mol. The highest BCUT2D eigenvalue weighted by molar-refractivity contribution is 7.88. The van der Waals surface area contributed by atoms with Crippen LogP contribution in [-0.2, 0) is 10.0 Å². The van der Waals surface area contributed by atoms with Crippen LogP contribution < -0.4 is 5.32 Å². The van der Waals surface area contributed by atoms with E-state index in [2.05, 4.69) is 5.32 Å². The van der Waals surface area contributed by atoms with Crippen molar-refractivity contribution in [3.8, 4) is 0 Å². The van der Waals surface area contributed by atoms with Gasteiger partial charge in [0.2, 0.25) is 10.0 Å². The van der Waals surface area contributed by atoms with Crippen molar-refractivity contribution in [2.24, 2.45) is 0 Å². The van der Waals surface area contributed by atoms with Crippen LogP contribution >= 0.6 is 0 Å². The van der Waals surface area contributed by atoms with Crippen LogP contribution in [0.25, 0.3) is 0 Å². The Bertz CT molecular complexity index is 189. The molecule has 0 aromatic heterocycles. The molecular weight excluding hydrogens is 164 g/mol. The highest BCUT2D eigenvalue weighted by atomic mass is 32.2. The van der Waals surface area contributed by atoms with E-state index in [-0.39, 0.29) is 0 Å². The van der Waals surface area contributed by atoms with E-state index in [0.29, 0.717) is 19.6 Å². The van der Waals surface area contributed by atoms with Crippen molar-refractivity contribution < 1.29 is 8.42 Å². The molecule has 0 aromatic carbocycles. The highest BCUT2D eigenvalue weighted by Gasteiger charge is 2.12. The van der Waals surface area contributed by atoms with Gasteiger partial charge in [-0.1, -0.05) is 6.92 Å². The van der Waals surface area contributed by atoms with E-state index in [1.54, 1.807) is 7.05 Å². The highest BCUT2D eigenvalue weighted by Crippen LogP contribution is 1.94. The fraction of sp³-hybridized carbons (Fsp3) is 1.00. The SMILES string of the molecule is CCN(CCNC)S(C)(=O)=O. The predicted octanol–water partition coefficient (Wildman–Crippen LogP) is -0.513.